The first-order valence-electron chi connectivity index (χ1n) is 16.3. The predicted molar refractivity (Wildman–Crippen MR) is 186 cm³/mol. The zero-order chi connectivity index (χ0) is 34.9. The number of carbonyl (C=O) groups excluding carboxylic acids is 1. The van der Waals surface area contributed by atoms with Crippen LogP contribution < -0.4 is 9.47 Å². The maximum Gasteiger partial charge on any atom is 0.330 e. The van der Waals surface area contributed by atoms with Crippen molar-refractivity contribution in [3.05, 3.63) is 83.0 Å². The first-order valence-corrected chi connectivity index (χ1v) is 20.0. The standard InChI is InChI=1S/C37H54O9Si/c1-24(10-9-11-25(2)22-32(39)43-20-21-47(6,7)8)12-17-29-26(3)30(18-19-37(29,4)5)44-27-13-15-28(16-14-27)45-36-35(42)34(41)33(40)31(23-38)46-36/h9-17,22,30-31,33-36,38,40-42H,18-21,23H2,1-8H3/t30?,31-,33-,34+,35-,36-/m1/s1. The summed E-state index contributed by atoms with van der Waals surface area (Å²) >= 11 is 0. The van der Waals surface area contributed by atoms with E-state index < -0.39 is 45.4 Å². The van der Waals surface area contributed by atoms with Crippen LogP contribution in [-0.4, -0.2) is 84.5 Å². The van der Waals surface area contributed by atoms with Crippen LogP contribution >= 0.6 is 0 Å². The van der Waals surface area contributed by atoms with Gasteiger partial charge in [0.25, 0.3) is 0 Å². The highest BCUT2D eigenvalue weighted by molar-refractivity contribution is 6.76. The first-order chi connectivity index (χ1) is 22.0. The lowest BCUT2D eigenvalue weighted by molar-refractivity contribution is -0.277. The van der Waals surface area contributed by atoms with E-state index in [2.05, 4.69) is 52.6 Å². The van der Waals surface area contributed by atoms with Crippen LogP contribution in [0, 0.1) is 5.41 Å². The number of aliphatic hydroxyl groups excluding tert-OH is 4. The van der Waals surface area contributed by atoms with E-state index in [1.165, 1.54) is 11.6 Å². The summed E-state index contributed by atoms with van der Waals surface area (Å²) in [5.74, 6) is 0.729. The Labute approximate surface area is 280 Å². The SMILES string of the molecule is CC(C=CC1=C(C)C(Oc2ccc(O[C@@H]3O[C@H](CO)[C@@H](O)[C@H](O)[C@H]3O)cc2)CCC1(C)C)=CC=CC(C)=CC(=O)OCC[Si](C)(C)C. The van der Waals surface area contributed by atoms with Crippen LogP contribution in [-0.2, 0) is 14.3 Å². The van der Waals surface area contributed by atoms with Crippen LogP contribution in [0.4, 0.5) is 0 Å². The largest absolute Gasteiger partial charge is 0.486 e. The van der Waals surface area contributed by atoms with Crippen molar-refractivity contribution in [2.75, 3.05) is 13.2 Å². The van der Waals surface area contributed by atoms with Crippen molar-refractivity contribution in [1.29, 1.82) is 0 Å². The number of ether oxygens (including phenoxy) is 4. The van der Waals surface area contributed by atoms with E-state index >= 15 is 0 Å². The molecule has 6 atom stereocenters. The molecule has 0 amide bonds. The smallest absolute Gasteiger partial charge is 0.330 e. The van der Waals surface area contributed by atoms with Gasteiger partial charge in [-0.2, -0.15) is 0 Å². The molecule has 4 N–H and O–H groups in total. The number of hydrogen-bond donors (Lipinski definition) is 4. The highest BCUT2D eigenvalue weighted by atomic mass is 28.3. The second kappa shape index (κ2) is 16.9. The lowest BCUT2D eigenvalue weighted by Crippen LogP contribution is -2.60. The Morgan fingerprint density at radius 2 is 1.62 bits per heavy atom. The Bertz CT molecular complexity index is 1350. The quantitative estimate of drug-likeness (QED) is 0.0911. The number of benzene rings is 1. The van der Waals surface area contributed by atoms with Gasteiger partial charge >= 0.3 is 5.97 Å². The average molecular weight is 671 g/mol. The molecule has 1 saturated heterocycles. The molecule has 9 nitrogen and oxygen atoms in total. The summed E-state index contributed by atoms with van der Waals surface area (Å²) in [7, 11) is -1.24. The number of carbonyl (C=O) groups is 1. The van der Waals surface area contributed by atoms with E-state index in [1.54, 1.807) is 24.3 Å². The molecule has 260 valence electrons. The molecule has 1 aromatic carbocycles. The summed E-state index contributed by atoms with van der Waals surface area (Å²) in [5.41, 5.74) is 4.27. The normalized spacial score (nSPS) is 27.4. The van der Waals surface area contributed by atoms with Gasteiger partial charge in [0.1, 0.15) is 42.0 Å². The fourth-order valence-corrected chi connectivity index (χ4v) is 6.18. The minimum absolute atomic E-state index is 0.0190. The van der Waals surface area contributed by atoms with Crippen molar-refractivity contribution in [1.82, 2.24) is 0 Å². The van der Waals surface area contributed by atoms with E-state index in [9.17, 15) is 25.2 Å². The van der Waals surface area contributed by atoms with Crippen LogP contribution in [0.2, 0.25) is 25.7 Å². The van der Waals surface area contributed by atoms with Gasteiger partial charge in [-0.1, -0.05) is 69.4 Å². The lowest BCUT2D eigenvalue weighted by atomic mass is 9.71. The van der Waals surface area contributed by atoms with Crippen molar-refractivity contribution < 1.29 is 44.2 Å². The molecular weight excluding hydrogens is 616 g/mol. The summed E-state index contributed by atoms with van der Waals surface area (Å²) in [5, 5.41) is 39.7. The number of esters is 1. The monoisotopic (exact) mass is 670 g/mol. The molecule has 3 rings (SSSR count). The average Bonchev–Trinajstić information content (AvgIpc) is 2.98. The summed E-state index contributed by atoms with van der Waals surface area (Å²) in [6.07, 6.45) is 6.62. The minimum atomic E-state index is -1.51. The second-order valence-corrected chi connectivity index (χ2v) is 20.0. The Kier molecular flexibility index (Phi) is 13.8. The van der Waals surface area contributed by atoms with Crippen LogP contribution in [0.15, 0.2) is 83.0 Å². The maximum atomic E-state index is 12.1. The summed E-state index contributed by atoms with van der Waals surface area (Å²) in [6, 6.07) is 7.85. The maximum absolute atomic E-state index is 12.1. The number of aliphatic hydroxyl groups is 4. The molecule has 1 aromatic rings. The molecule has 0 spiro atoms. The molecule has 2 aliphatic rings. The molecule has 10 heteroatoms. The summed E-state index contributed by atoms with van der Waals surface area (Å²) in [4.78, 5) is 12.1. The van der Waals surface area contributed by atoms with Gasteiger partial charge in [-0.05, 0) is 86.1 Å². The zero-order valence-electron chi connectivity index (χ0n) is 29.1. The van der Waals surface area contributed by atoms with Crippen molar-refractivity contribution in [2.45, 2.75) is 110 Å². The summed E-state index contributed by atoms with van der Waals surface area (Å²) in [6.45, 7) is 17.2. The van der Waals surface area contributed by atoms with Gasteiger partial charge in [0.2, 0.25) is 6.29 Å². The van der Waals surface area contributed by atoms with Crippen molar-refractivity contribution in [2.24, 2.45) is 5.41 Å². The third-order valence-corrected chi connectivity index (χ3v) is 10.2. The number of hydrogen-bond acceptors (Lipinski definition) is 9. The van der Waals surface area contributed by atoms with Gasteiger partial charge in [-0.25, -0.2) is 4.79 Å². The molecule has 0 bridgehead atoms. The molecule has 47 heavy (non-hydrogen) atoms. The Hall–Kier alpha value is -2.99. The molecule has 0 radical (unpaired) electrons. The van der Waals surface area contributed by atoms with Crippen molar-refractivity contribution >= 4 is 14.0 Å². The fourth-order valence-electron chi connectivity index (χ4n) is 5.47. The van der Waals surface area contributed by atoms with Crippen LogP contribution in [0.1, 0.15) is 47.5 Å². The van der Waals surface area contributed by atoms with E-state index in [1.807, 2.05) is 32.1 Å². The first kappa shape index (κ1) is 38.5. The lowest BCUT2D eigenvalue weighted by Gasteiger charge is -2.39. The molecule has 1 aliphatic heterocycles. The van der Waals surface area contributed by atoms with Gasteiger partial charge in [0.15, 0.2) is 0 Å². The molecule has 1 aliphatic carbocycles. The number of rotatable bonds is 13. The topological polar surface area (TPSA) is 135 Å². The van der Waals surface area contributed by atoms with Crippen LogP contribution in [0.25, 0.3) is 0 Å². The molecule has 1 fully saturated rings. The highest BCUT2D eigenvalue weighted by Gasteiger charge is 2.44. The van der Waals surface area contributed by atoms with E-state index in [0.717, 1.165) is 35.6 Å². The Morgan fingerprint density at radius 1 is 0.979 bits per heavy atom. The van der Waals surface area contributed by atoms with Crippen molar-refractivity contribution in [3.63, 3.8) is 0 Å². The van der Waals surface area contributed by atoms with E-state index in [-0.39, 0.29) is 17.5 Å². The van der Waals surface area contributed by atoms with Crippen LogP contribution in [0.3, 0.4) is 0 Å². The van der Waals surface area contributed by atoms with Crippen LogP contribution in [0.5, 0.6) is 11.5 Å². The third kappa shape index (κ3) is 11.6. The second-order valence-electron chi connectivity index (χ2n) is 14.4. The minimum Gasteiger partial charge on any atom is -0.486 e. The van der Waals surface area contributed by atoms with Gasteiger partial charge in [0.05, 0.1) is 13.2 Å². The van der Waals surface area contributed by atoms with Gasteiger partial charge < -0.3 is 39.4 Å². The van der Waals surface area contributed by atoms with E-state index in [0.29, 0.717) is 18.1 Å². The van der Waals surface area contributed by atoms with Crippen molar-refractivity contribution in [3.8, 4) is 11.5 Å². The Morgan fingerprint density at radius 3 is 2.23 bits per heavy atom. The Balaban J connectivity index is 1.62. The molecule has 0 aromatic heterocycles. The van der Waals surface area contributed by atoms with Gasteiger partial charge in [-0.15, -0.1) is 0 Å². The molecule has 1 unspecified atom stereocenters. The van der Waals surface area contributed by atoms with E-state index in [4.69, 9.17) is 18.9 Å². The predicted octanol–water partition coefficient (Wildman–Crippen LogP) is 5.64. The third-order valence-electron chi connectivity index (χ3n) is 8.54. The molecule has 0 saturated carbocycles. The van der Waals surface area contributed by atoms with Gasteiger partial charge in [-0.3, -0.25) is 0 Å². The molecular formula is C37H54O9Si. The summed E-state index contributed by atoms with van der Waals surface area (Å²) < 4.78 is 22.9. The fraction of sp³-hybridized carbons (Fsp3) is 0.541. The zero-order valence-corrected chi connectivity index (χ0v) is 30.1. The highest BCUT2D eigenvalue weighted by Crippen LogP contribution is 2.42. The molecule has 1 heterocycles. The number of allylic oxidation sites excluding steroid dienone is 8. The van der Waals surface area contributed by atoms with Gasteiger partial charge in [0, 0.05) is 14.1 Å².